The number of aryl methyl sites for hydroxylation is 2. The second-order valence-corrected chi connectivity index (χ2v) is 3.88. The van der Waals surface area contributed by atoms with Gasteiger partial charge in [0.2, 0.25) is 0 Å². The number of carboxylic acid groups (broad SMARTS) is 1. The molecule has 1 aromatic heterocycles. The maximum atomic E-state index is 10.8. The first kappa shape index (κ1) is 12.0. The van der Waals surface area contributed by atoms with Gasteiger partial charge in [-0.1, -0.05) is 12.1 Å². The number of carbonyl (C=O) groups is 1. The number of aromatic nitrogens is 2. The van der Waals surface area contributed by atoms with E-state index in [4.69, 9.17) is 9.84 Å². The Kier molecular flexibility index (Phi) is 3.23. The summed E-state index contributed by atoms with van der Waals surface area (Å²) in [6.45, 7) is 3.56. The quantitative estimate of drug-likeness (QED) is 0.898. The number of aromatic carboxylic acids is 1. The summed E-state index contributed by atoms with van der Waals surface area (Å²) in [5.74, 6) is -0.424. The van der Waals surface area contributed by atoms with Gasteiger partial charge in [-0.3, -0.25) is 0 Å². The maximum Gasteiger partial charge on any atom is 0.339 e. The Labute approximate surface area is 104 Å². The largest absolute Gasteiger partial charge is 0.478 e. The van der Waals surface area contributed by atoms with Gasteiger partial charge in [0.05, 0.1) is 11.3 Å². The zero-order valence-corrected chi connectivity index (χ0v) is 10.0. The monoisotopic (exact) mass is 244 g/mol. The number of hydrogen-bond acceptors (Lipinski definition) is 4. The second-order valence-electron chi connectivity index (χ2n) is 3.88. The molecule has 0 atom stereocenters. The van der Waals surface area contributed by atoms with Crippen molar-refractivity contribution in [1.82, 2.24) is 9.97 Å². The summed E-state index contributed by atoms with van der Waals surface area (Å²) in [7, 11) is 0. The smallest absolute Gasteiger partial charge is 0.339 e. The van der Waals surface area contributed by atoms with Gasteiger partial charge in [-0.15, -0.1) is 0 Å². The third kappa shape index (κ3) is 2.63. The molecule has 0 spiro atoms. The molecule has 1 heterocycles. The van der Waals surface area contributed by atoms with E-state index in [2.05, 4.69) is 9.97 Å². The van der Waals surface area contributed by atoms with Crippen LogP contribution in [0.25, 0.3) is 0 Å². The van der Waals surface area contributed by atoms with E-state index in [1.54, 1.807) is 13.0 Å². The highest BCUT2D eigenvalue weighted by Gasteiger charge is 2.10. The Morgan fingerprint density at radius 2 is 2.11 bits per heavy atom. The first-order valence-corrected chi connectivity index (χ1v) is 5.38. The Morgan fingerprint density at radius 3 is 2.72 bits per heavy atom. The van der Waals surface area contributed by atoms with Crippen molar-refractivity contribution < 1.29 is 14.6 Å². The number of carboxylic acids is 1. The second kappa shape index (κ2) is 4.83. The van der Waals surface area contributed by atoms with Crippen molar-refractivity contribution in [3.8, 4) is 11.8 Å². The molecule has 0 saturated carbocycles. The lowest BCUT2D eigenvalue weighted by molar-refractivity contribution is 0.0695. The molecule has 5 heteroatoms. The van der Waals surface area contributed by atoms with Crippen LogP contribution in [0.5, 0.6) is 11.8 Å². The van der Waals surface area contributed by atoms with Gasteiger partial charge in [0, 0.05) is 6.20 Å². The minimum atomic E-state index is -1.05. The highest BCUT2D eigenvalue weighted by atomic mass is 16.5. The van der Waals surface area contributed by atoms with Gasteiger partial charge >= 0.3 is 12.0 Å². The fraction of sp³-hybridized carbons (Fsp3) is 0.154. The summed E-state index contributed by atoms with van der Waals surface area (Å²) in [6, 6.07) is 7.60. The molecule has 1 aromatic carbocycles. The Balaban J connectivity index is 2.25. The van der Waals surface area contributed by atoms with E-state index >= 15 is 0 Å². The summed E-state index contributed by atoms with van der Waals surface area (Å²) in [5.41, 5.74) is 1.51. The van der Waals surface area contributed by atoms with E-state index in [0.29, 0.717) is 11.4 Å². The molecular weight excluding hydrogens is 232 g/mol. The lowest BCUT2D eigenvalue weighted by Crippen LogP contribution is -2.04. The van der Waals surface area contributed by atoms with Crippen LogP contribution in [-0.2, 0) is 0 Å². The number of hydrogen-bond donors (Lipinski definition) is 1. The van der Waals surface area contributed by atoms with E-state index in [0.717, 1.165) is 5.56 Å². The first-order valence-electron chi connectivity index (χ1n) is 5.38. The average Bonchev–Trinajstić information content (AvgIpc) is 2.28. The highest BCUT2D eigenvalue weighted by Crippen LogP contribution is 2.19. The zero-order valence-electron chi connectivity index (χ0n) is 10.0. The lowest BCUT2D eigenvalue weighted by atomic mass is 10.2. The predicted octanol–water partition coefficient (Wildman–Crippen LogP) is 2.58. The highest BCUT2D eigenvalue weighted by molar-refractivity contribution is 5.88. The van der Waals surface area contributed by atoms with E-state index < -0.39 is 5.97 Å². The van der Waals surface area contributed by atoms with E-state index in [9.17, 15) is 4.79 Å². The van der Waals surface area contributed by atoms with Gasteiger partial charge in [-0.05, 0) is 31.5 Å². The summed E-state index contributed by atoms with van der Waals surface area (Å²) in [6.07, 6.45) is 1.25. The fourth-order valence-corrected chi connectivity index (χ4v) is 1.49. The van der Waals surface area contributed by atoms with Crippen molar-refractivity contribution in [1.29, 1.82) is 0 Å². The minimum absolute atomic E-state index is 0.0755. The van der Waals surface area contributed by atoms with Gasteiger partial charge in [0.15, 0.2) is 0 Å². The molecule has 0 saturated heterocycles. The van der Waals surface area contributed by atoms with Crippen LogP contribution in [-0.4, -0.2) is 21.0 Å². The Hall–Kier alpha value is -2.43. The molecule has 2 rings (SSSR count). The van der Waals surface area contributed by atoms with Crippen LogP contribution in [0.4, 0.5) is 0 Å². The Bertz CT molecular complexity index is 597. The van der Waals surface area contributed by atoms with E-state index in [1.165, 1.54) is 6.20 Å². The molecule has 2 aromatic rings. The molecule has 1 N–H and O–H groups in total. The average molecular weight is 244 g/mol. The van der Waals surface area contributed by atoms with Crippen molar-refractivity contribution in [3.05, 3.63) is 47.3 Å². The van der Waals surface area contributed by atoms with E-state index in [1.807, 2.05) is 25.1 Å². The summed E-state index contributed by atoms with van der Waals surface area (Å²) in [5, 5.41) is 8.86. The predicted molar refractivity (Wildman–Crippen MR) is 65.0 cm³/mol. The van der Waals surface area contributed by atoms with Gasteiger partial charge < -0.3 is 9.84 Å². The number of nitrogens with zero attached hydrogens (tertiary/aromatic N) is 2. The topological polar surface area (TPSA) is 72.3 Å². The van der Waals surface area contributed by atoms with Crippen LogP contribution in [0.3, 0.4) is 0 Å². The van der Waals surface area contributed by atoms with Crippen molar-refractivity contribution in [2.45, 2.75) is 13.8 Å². The minimum Gasteiger partial charge on any atom is -0.478 e. The van der Waals surface area contributed by atoms with Gasteiger partial charge in [-0.2, -0.15) is 4.98 Å². The van der Waals surface area contributed by atoms with E-state index in [-0.39, 0.29) is 11.6 Å². The van der Waals surface area contributed by atoms with Crippen molar-refractivity contribution >= 4 is 5.97 Å². The number of rotatable bonds is 3. The third-order valence-electron chi connectivity index (χ3n) is 2.39. The third-order valence-corrected chi connectivity index (χ3v) is 2.39. The summed E-state index contributed by atoms with van der Waals surface area (Å²) >= 11 is 0. The van der Waals surface area contributed by atoms with Gasteiger partial charge in [-0.25, -0.2) is 9.78 Å². The summed E-state index contributed by atoms with van der Waals surface area (Å²) < 4.78 is 5.46. The number of ether oxygens (including phenoxy) is 1. The molecule has 0 aliphatic carbocycles. The molecule has 5 nitrogen and oxygen atoms in total. The SMILES string of the molecule is Cc1cccc(Oc2ncc(C(=O)O)c(C)n2)c1. The first-order chi connectivity index (χ1) is 8.56. The summed E-state index contributed by atoms with van der Waals surface area (Å²) in [4.78, 5) is 18.7. The van der Waals surface area contributed by atoms with Crippen LogP contribution < -0.4 is 4.74 Å². The van der Waals surface area contributed by atoms with Crippen molar-refractivity contribution in [2.24, 2.45) is 0 Å². The van der Waals surface area contributed by atoms with Gasteiger partial charge in [0.1, 0.15) is 5.75 Å². The molecule has 0 unspecified atom stereocenters. The van der Waals surface area contributed by atoms with Crippen LogP contribution in [0, 0.1) is 13.8 Å². The molecule has 92 valence electrons. The fourth-order valence-electron chi connectivity index (χ4n) is 1.49. The molecule has 0 aliphatic heterocycles. The van der Waals surface area contributed by atoms with Gasteiger partial charge in [0.25, 0.3) is 0 Å². The molecule has 0 fully saturated rings. The molecule has 0 radical (unpaired) electrons. The van der Waals surface area contributed by atoms with Crippen LogP contribution in [0.2, 0.25) is 0 Å². The normalized spacial score (nSPS) is 10.1. The van der Waals surface area contributed by atoms with Crippen LogP contribution in [0.15, 0.2) is 30.5 Å². The number of benzene rings is 1. The molecule has 0 bridgehead atoms. The van der Waals surface area contributed by atoms with Crippen molar-refractivity contribution in [3.63, 3.8) is 0 Å². The van der Waals surface area contributed by atoms with Crippen LogP contribution in [0.1, 0.15) is 21.6 Å². The lowest BCUT2D eigenvalue weighted by Gasteiger charge is -2.06. The van der Waals surface area contributed by atoms with Crippen molar-refractivity contribution in [2.75, 3.05) is 0 Å². The molecule has 0 aliphatic rings. The standard InChI is InChI=1S/C13H12N2O3/c1-8-4-3-5-10(6-8)18-13-14-7-11(12(16)17)9(2)15-13/h3-7H,1-2H3,(H,16,17). The molecule has 18 heavy (non-hydrogen) atoms. The maximum absolute atomic E-state index is 10.8. The zero-order chi connectivity index (χ0) is 13.1. The van der Waals surface area contributed by atoms with Crippen LogP contribution >= 0.6 is 0 Å². The molecule has 0 amide bonds. The molecular formula is C13H12N2O3. The Morgan fingerprint density at radius 1 is 1.33 bits per heavy atom.